The number of aliphatic hydroxyl groups is 1. The zero-order valence-corrected chi connectivity index (χ0v) is 16.3. The Morgan fingerprint density at radius 3 is 2.64 bits per heavy atom. The molecule has 2 atom stereocenters. The van der Waals surface area contributed by atoms with E-state index in [1.54, 1.807) is 19.1 Å². The smallest absolute Gasteiger partial charge is 0.240 e. The van der Waals surface area contributed by atoms with Crippen molar-refractivity contribution in [1.82, 2.24) is 14.7 Å². The number of nitriles is 1. The molecule has 1 aromatic heterocycles. The van der Waals surface area contributed by atoms with Crippen LogP contribution in [-0.2, 0) is 10.0 Å². The van der Waals surface area contributed by atoms with Gasteiger partial charge in [0.1, 0.15) is 17.7 Å². The molecule has 1 heterocycles. The van der Waals surface area contributed by atoms with Gasteiger partial charge in [-0.2, -0.15) is 10.2 Å². The van der Waals surface area contributed by atoms with E-state index in [4.69, 9.17) is 4.74 Å². The van der Waals surface area contributed by atoms with Gasteiger partial charge in [-0.05, 0) is 57.5 Å². The van der Waals surface area contributed by atoms with E-state index in [1.165, 1.54) is 25.4 Å². The van der Waals surface area contributed by atoms with E-state index in [0.717, 1.165) is 6.42 Å². The van der Waals surface area contributed by atoms with E-state index in [0.29, 0.717) is 18.5 Å². The Kier molecular flexibility index (Phi) is 5.51. The van der Waals surface area contributed by atoms with E-state index < -0.39 is 21.7 Å². The first-order chi connectivity index (χ1) is 13.2. The van der Waals surface area contributed by atoms with Gasteiger partial charge in [0, 0.05) is 5.69 Å². The standard InChI is InChI=1S/C18H21N5O4S/c1-18(24)9-3-4-15(18)27-16-12(10-19)11-21-17(23-16)22-13-5-7-14(8-6-13)28(25,26)20-2/h5-8,11,15,20,24H,3-4,9H2,1-2H3,(H,21,22,23)/t15-,18+/m1/s1. The molecule has 0 bridgehead atoms. The second-order valence-electron chi connectivity index (χ2n) is 6.74. The van der Waals surface area contributed by atoms with Gasteiger partial charge < -0.3 is 15.2 Å². The highest BCUT2D eigenvalue weighted by Crippen LogP contribution is 2.33. The van der Waals surface area contributed by atoms with Crippen LogP contribution in [0, 0.1) is 11.3 Å². The predicted octanol–water partition coefficient (Wildman–Crippen LogP) is 1.68. The summed E-state index contributed by atoms with van der Waals surface area (Å²) in [5.74, 6) is 0.289. The maximum Gasteiger partial charge on any atom is 0.240 e. The first-order valence-corrected chi connectivity index (χ1v) is 10.2. The molecule has 1 aliphatic rings. The van der Waals surface area contributed by atoms with Gasteiger partial charge >= 0.3 is 0 Å². The number of aromatic nitrogens is 2. The molecule has 1 saturated carbocycles. The molecule has 0 saturated heterocycles. The largest absolute Gasteiger partial charge is 0.470 e. The third kappa shape index (κ3) is 4.22. The number of sulfonamides is 1. The van der Waals surface area contributed by atoms with Crippen molar-refractivity contribution in [3.8, 4) is 11.9 Å². The molecule has 28 heavy (non-hydrogen) atoms. The summed E-state index contributed by atoms with van der Waals surface area (Å²) in [5.41, 5.74) is -0.234. The molecule has 3 rings (SSSR count). The number of anilines is 2. The van der Waals surface area contributed by atoms with E-state index in [1.807, 2.05) is 6.07 Å². The average Bonchev–Trinajstić information content (AvgIpc) is 3.00. The first kappa shape index (κ1) is 20.0. The van der Waals surface area contributed by atoms with Crippen LogP contribution in [0.1, 0.15) is 31.7 Å². The molecule has 9 nitrogen and oxygen atoms in total. The van der Waals surface area contributed by atoms with Gasteiger partial charge in [0.25, 0.3) is 0 Å². The average molecular weight is 403 g/mol. The Balaban J connectivity index is 1.81. The summed E-state index contributed by atoms with van der Waals surface area (Å²) >= 11 is 0. The second-order valence-corrected chi connectivity index (χ2v) is 8.62. The highest BCUT2D eigenvalue weighted by atomic mass is 32.2. The molecule has 0 unspecified atom stereocenters. The minimum Gasteiger partial charge on any atom is -0.470 e. The molecule has 0 radical (unpaired) electrons. The summed E-state index contributed by atoms with van der Waals surface area (Å²) in [7, 11) is -2.17. The summed E-state index contributed by atoms with van der Waals surface area (Å²) in [5, 5.41) is 22.6. The molecule has 148 valence electrons. The van der Waals surface area contributed by atoms with Crippen molar-refractivity contribution in [2.45, 2.75) is 42.8 Å². The normalized spacial score (nSPS) is 21.9. The lowest BCUT2D eigenvalue weighted by atomic mass is 10.0. The van der Waals surface area contributed by atoms with Crippen molar-refractivity contribution in [1.29, 1.82) is 5.26 Å². The molecule has 1 aliphatic carbocycles. The van der Waals surface area contributed by atoms with Crippen LogP contribution in [0.3, 0.4) is 0 Å². The number of ether oxygens (including phenoxy) is 1. The topological polar surface area (TPSA) is 137 Å². The number of nitrogens with zero attached hydrogens (tertiary/aromatic N) is 3. The summed E-state index contributed by atoms with van der Waals surface area (Å²) in [6.07, 6.45) is 3.02. The predicted molar refractivity (Wildman–Crippen MR) is 102 cm³/mol. The summed E-state index contributed by atoms with van der Waals surface area (Å²) in [6, 6.07) is 8.04. The van der Waals surface area contributed by atoms with Crippen LogP contribution in [0.15, 0.2) is 35.4 Å². The minimum atomic E-state index is -3.52. The lowest BCUT2D eigenvalue weighted by Gasteiger charge is -2.26. The van der Waals surface area contributed by atoms with Crippen molar-refractivity contribution in [3.05, 3.63) is 36.0 Å². The van der Waals surface area contributed by atoms with E-state index in [-0.39, 0.29) is 22.3 Å². The van der Waals surface area contributed by atoms with Gasteiger partial charge in [0.05, 0.1) is 16.7 Å². The van der Waals surface area contributed by atoms with Gasteiger partial charge in [-0.25, -0.2) is 18.1 Å². The zero-order chi connectivity index (χ0) is 20.4. The molecule has 0 spiro atoms. The summed E-state index contributed by atoms with van der Waals surface area (Å²) in [6.45, 7) is 1.71. The molecule has 10 heteroatoms. The van der Waals surface area contributed by atoms with Crippen LogP contribution < -0.4 is 14.8 Å². The lowest BCUT2D eigenvalue weighted by Crippen LogP contribution is -2.38. The third-order valence-electron chi connectivity index (χ3n) is 4.66. The van der Waals surface area contributed by atoms with Crippen LogP contribution in [0.25, 0.3) is 0 Å². The number of benzene rings is 1. The van der Waals surface area contributed by atoms with Gasteiger partial charge in [0.2, 0.25) is 21.9 Å². The monoisotopic (exact) mass is 403 g/mol. The van der Waals surface area contributed by atoms with Crippen LogP contribution in [0.5, 0.6) is 5.88 Å². The Hall–Kier alpha value is -2.74. The summed E-state index contributed by atoms with van der Waals surface area (Å²) < 4.78 is 31.6. The fourth-order valence-electron chi connectivity index (χ4n) is 3.00. The molecule has 1 aromatic carbocycles. The van der Waals surface area contributed by atoms with Crippen LogP contribution in [-0.4, -0.2) is 42.2 Å². The fraction of sp³-hybridized carbons (Fsp3) is 0.389. The molecular formula is C18H21N5O4S. The quantitative estimate of drug-likeness (QED) is 0.662. The number of nitrogens with one attached hydrogen (secondary N) is 2. The van der Waals surface area contributed by atoms with Crippen LogP contribution in [0.2, 0.25) is 0 Å². The van der Waals surface area contributed by atoms with Gasteiger partial charge in [-0.1, -0.05) is 0 Å². The van der Waals surface area contributed by atoms with E-state index in [9.17, 15) is 18.8 Å². The minimum absolute atomic E-state index is 0.0987. The number of hydrogen-bond donors (Lipinski definition) is 3. The maximum atomic E-state index is 11.8. The van der Waals surface area contributed by atoms with Gasteiger partial charge in [0.15, 0.2) is 0 Å². The Morgan fingerprint density at radius 1 is 1.36 bits per heavy atom. The van der Waals surface area contributed by atoms with E-state index >= 15 is 0 Å². The fourth-order valence-corrected chi connectivity index (χ4v) is 3.73. The zero-order valence-electron chi connectivity index (χ0n) is 15.5. The molecule has 0 amide bonds. The van der Waals surface area contributed by atoms with Crippen molar-refractivity contribution in [3.63, 3.8) is 0 Å². The molecule has 1 fully saturated rings. The Labute approximate surface area is 163 Å². The summed E-state index contributed by atoms with van der Waals surface area (Å²) in [4.78, 5) is 8.47. The third-order valence-corrected chi connectivity index (χ3v) is 6.09. The van der Waals surface area contributed by atoms with Crippen molar-refractivity contribution < 1.29 is 18.3 Å². The number of hydrogen-bond acceptors (Lipinski definition) is 8. The van der Waals surface area contributed by atoms with Crippen molar-refractivity contribution in [2.75, 3.05) is 12.4 Å². The van der Waals surface area contributed by atoms with Gasteiger partial charge in [-0.3, -0.25) is 0 Å². The number of rotatable bonds is 6. The maximum absolute atomic E-state index is 11.8. The van der Waals surface area contributed by atoms with Crippen LogP contribution in [0.4, 0.5) is 11.6 Å². The highest BCUT2D eigenvalue weighted by molar-refractivity contribution is 7.89. The second kappa shape index (κ2) is 7.71. The highest BCUT2D eigenvalue weighted by Gasteiger charge is 2.39. The van der Waals surface area contributed by atoms with E-state index in [2.05, 4.69) is 20.0 Å². The van der Waals surface area contributed by atoms with Crippen molar-refractivity contribution >= 4 is 21.7 Å². The molecule has 2 aromatic rings. The molecular weight excluding hydrogens is 382 g/mol. The molecule has 3 N–H and O–H groups in total. The lowest BCUT2D eigenvalue weighted by molar-refractivity contribution is -0.0271. The Morgan fingerprint density at radius 2 is 2.07 bits per heavy atom. The first-order valence-electron chi connectivity index (χ1n) is 8.72. The van der Waals surface area contributed by atoms with Crippen molar-refractivity contribution in [2.24, 2.45) is 0 Å². The molecule has 0 aliphatic heterocycles. The Bertz CT molecular complexity index is 1000. The van der Waals surface area contributed by atoms with Gasteiger partial charge in [-0.15, -0.1) is 0 Å². The van der Waals surface area contributed by atoms with Crippen LogP contribution >= 0.6 is 0 Å². The SMILES string of the molecule is CNS(=O)(=O)c1ccc(Nc2ncc(C#N)c(O[C@@H]3CCC[C@]3(C)O)n2)cc1.